The first-order valence-electron chi connectivity index (χ1n) is 9.90. The smallest absolute Gasteiger partial charge is 0.339 e. The van der Waals surface area contributed by atoms with E-state index in [0.29, 0.717) is 28.0 Å². The molecule has 164 valence electrons. The number of nitrogens with zero attached hydrogens (tertiary/aromatic N) is 3. The van der Waals surface area contributed by atoms with Gasteiger partial charge in [-0.05, 0) is 55.0 Å². The number of halogens is 1. The molecular weight excluding hydrogens is 427 g/mol. The summed E-state index contributed by atoms with van der Waals surface area (Å²) in [5.41, 5.74) is 2.97. The van der Waals surface area contributed by atoms with Crippen molar-refractivity contribution in [2.75, 3.05) is 11.9 Å². The number of carbonyl (C=O) groups excluding carboxylic acids is 2. The van der Waals surface area contributed by atoms with Gasteiger partial charge in [0.2, 0.25) is 0 Å². The number of benzene rings is 2. The topological polar surface area (TPSA) is 118 Å². The molecule has 33 heavy (non-hydrogen) atoms. The van der Waals surface area contributed by atoms with Gasteiger partial charge in [-0.15, -0.1) is 0 Å². The maximum Gasteiger partial charge on any atom is 0.339 e. The highest BCUT2D eigenvalue weighted by Gasteiger charge is 2.21. The summed E-state index contributed by atoms with van der Waals surface area (Å²) in [6, 6.07) is 15.9. The van der Waals surface area contributed by atoms with E-state index in [-0.39, 0.29) is 17.7 Å². The van der Waals surface area contributed by atoms with Crippen LogP contribution in [-0.4, -0.2) is 28.6 Å². The number of ether oxygens (including phenoxy) is 1. The molecule has 4 rings (SSSR count). The summed E-state index contributed by atoms with van der Waals surface area (Å²) < 4.78 is 23.7. The quantitative estimate of drug-likeness (QED) is 0.443. The highest BCUT2D eigenvalue weighted by atomic mass is 19.1. The molecule has 0 aliphatic heterocycles. The van der Waals surface area contributed by atoms with Crippen LogP contribution in [0.15, 0.2) is 59.1 Å². The van der Waals surface area contributed by atoms with Crippen molar-refractivity contribution in [2.24, 2.45) is 0 Å². The largest absolute Gasteiger partial charge is 0.452 e. The van der Waals surface area contributed by atoms with Crippen LogP contribution >= 0.6 is 0 Å². The minimum Gasteiger partial charge on any atom is -0.452 e. The minimum atomic E-state index is -0.753. The molecule has 4 aromatic rings. The van der Waals surface area contributed by atoms with Crippen molar-refractivity contribution >= 4 is 28.7 Å². The van der Waals surface area contributed by atoms with E-state index in [1.54, 1.807) is 31.2 Å². The van der Waals surface area contributed by atoms with Gasteiger partial charge in [0.05, 0.1) is 34.8 Å². The van der Waals surface area contributed by atoms with Gasteiger partial charge in [0.1, 0.15) is 5.82 Å². The third-order valence-electron chi connectivity index (χ3n) is 4.83. The molecule has 2 heterocycles. The lowest BCUT2D eigenvalue weighted by atomic mass is 10.1. The fraction of sp³-hybridized carbons (Fsp3) is 0.125. The second kappa shape index (κ2) is 9.28. The summed E-state index contributed by atoms with van der Waals surface area (Å²) in [5.74, 6) is -1.68. The third-order valence-corrected chi connectivity index (χ3v) is 4.83. The van der Waals surface area contributed by atoms with Gasteiger partial charge in [-0.2, -0.15) is 5.26 Å². The molecule has 0 bridgehead atoms. The van der Waals surface area contributed by atoms with Crippen molar-refractivity contribution in [3.63, 3.8) is 0 Å². The number of amides is 1. The van der Waals surface area contributed by atoms with Gasteiger partial charge in [-0.3, -0.25) is 4.79 Å². The summed E-state index contributed by atoms with van der Waals surface area (Å²) >= 11 is 0. The summed E-state index contributed by atoms with van der Waals surface area (Å²) in [4.78, 5) is 29.4. The van der Waals surface area contributed by atoms with Gasteiger partial charge < -0.3 is 14.6 Å². The Bertz CT molecular complexity index is 1370. The molecule has 0 aliphatic rings. The standard InChI is InChI=1S/C24H17FN4O4/c1-14-22-19(12-20(28-23(22)33-29-14)16-4-6-17(25)7-5-16)24(31)32-13-21(30)27-18-8-2-15(3-9-18)10-11-26/h2-9,12H,10,13H2,1H3,(H,27,30). The highest BCUT2D eigenvalue weighted by Crippen LogP contribution is 2.27. The molecule has 0 saturated heterocycles. The number of fused-ring (bicyclic) bond motifs is 1. The second-order valence-electron chi connectivity index (χ2n) is 7.17. The summed E-state index contributed by atoms with van der Waals surface area (Å²) in [5, 5.41) is 15.6. The molecule has 0 saturated carbocycles. The number of hydrogen-bond acceptors (Lipinski definition) is 7. The Morgan fingerprint density at radius 2 is 1.88 bits per heavy atom. The first-order valence-corrected chi connectivity index (χ1v) is 9.90. The van der Waals surface area contributed by atoms with Crippen LogP contribution in [0.5, 0.6) is 0 Å². The van der Waals surface area contributed by atoms with Crippen molar-refractivity contribution in [3.8, 4) is 17.3 Å². The van der Waals surface area contributed by atoms with Crippen LogP contribution in [0.2, 0.25) is 0 Å². The minimum absolute atomic E-state index is 0.128. The molecule has 0 spiro atoms. The zero-order chi connectivity index (χ0) is 23.4. The number of rotatable bonds is 6. The summed E-state index contributed by atoms with van der Waals surface area (Å²) in [6.07, 6.45) is 0.272. The Hall–Kier alpha value is -4.58. The molecule has 9 heteroatoms. The fourth-order valence-electron chi connectivity index (χ4n) is 3.23. The lowest BCUT2D eigenvalue weighted by molar-refractivity contribution is -0.119. The van der Waals surface area contributed by atoms with E-state index in [9.17, 15) is 14.0 Å². The highest BCUT2D eigenvalue weighted by molar-refractivity contribution is 6.05. The van der Waals surface area contributed by atoms with Gasteiger partial charge >= 0.3 is 5.97 Å². The molecule has 0 fully saturated rings. The van der Waals surface area contributed by atoms with Crippen molar-refractivity contribution < 1.29 is 23.2 Å². The van der Waals surface area contributed by atoms with Crippen molar-refractivity contribution in [3.05, 3.63) is 77.2 Å². The zero-order valence-electron chi connectivity index (χ0n) is 17.5. The maximum absolute atomic E-state index is 13.3. The summed E-state index contributed by atoms with van der Waals surface area (Å²) in [6.45, 7) is 1.14. The Balaban J connectivity index is 1.51. The Morgan fingerprint density at radius 3 is 2.58 bits per heavy atom. The molecular formula is C24H17FN4O4. The van der Waals surface area contributed by atoms with E-state index in [0.717, 1.165) is 5.56 Å². The number of nitriles is 1. The van der Waals surface area contributed by atoms with Gasteiger partial charge in [0.25, 0.3) is 11.6 Å². The van der Waals surface area contributed by atoms with Crippen LogP contribution in [0.25, 0.3) is 22.4 Å². The molecule has 0 radical (unpaired) electrons. The van der Waals surface area contributed by atoms with Crippen LogP contribution in [0.1, 0.15) is 21.6 Å². The second-order valence-corrected chi connectivity index (χ2v) is 7.17. The number of esters is 1. The van der Waals surface area contributed by atoms with Gasteiger partial charge in [-0.1, -0.05) is 17.3 Å². The predicted molar refractivity (Wildman–Crippen MR) is 117 cm³/mol. The average Bonchev–Trinajstić information content (AvgIpc) is 3.19. The Labute approximate surface area is 187 Å². The SMILES string of the molecule is Cc1noc2nc(-c3ccc(F)cc3)cc(C(=O)OCC(=O)Nc3ccc(CC#N)cc3)c12. The van der Waals surface area contributed by atoms with E-state index in [1.165, 1.54) is 30.3 Å². The molecule has 2 aromatic carbocycles. The van der Waals surface area contributed by atoms with Crippen LogP contribution in [0.4, 0.5) is 10.1 Å². The van der Waals surface area contributed by atoms with Crippen LogP contribution in [0.3, 0.4) is 0 Å². The molecule has 0 atom stereocenters. The van der Waals surface area contributed by atoms with Crippen LogP contribution in [-0.2, 0) is 16.0 Å². The number of hydrogen-bond donors (Lipinski definition) is 1. The number of pyridine rings is 1. The molecule has 1 N–H and O–H groups in total. The van der Waals surface area contributed by atoms with E-state index in [4.69, 9.17) is 14.5 Å². The number of anilines is 1. The van der Waals surface area contributed by atoms with Gasteiger partial charge in [-0.25, -0.2) is 14.2 Å². The molecule has 2 aromatic heterocycles. The maximum atomic E-state index is 13.3. The van der Waals surface area contributed by atoms with Crippen molar-refractivity contribution in [1.82, 2.24) is 10.1 Å². The van der Waals surface area contributed by atoms with Crippen molar-refractivity contribution in [2.45, 2.75) is 13.3 Å². The van der Waals surface area contributed by atoms with E-state index in [2.05, 4.69) is 15.5 Å². The number of nitrogens with one attached hydrogen (secondary N) is 1. The molecule has 0 aliphatic carbocycles. The van der Waals surface area contributed by atoms with Gasteiger partial charge in [0, 0.05) is 11.3 Å². The molecule has 0 unspecified atom stereocenters. The summed E-state index contributed by atoms with van der Waals surface area (Å²) in [7, 11) is 0. The number of carbonyl (C=O) groups is 2. The third kappa shape index (κ3) is 4.85. The lowest BCUT2D eigenvalue weighted by Crippen LogP contribution is -2.21. The van der Waals surface area contributed by atoms with Crippen LogP contribution < -0.4 is 5.32 Å². The first-order chi connectivity index (χ1) is 15.9. The van der Waals surface area contributed by atoms with E-state index < -0.39 is 24.3 Å². The number of aryl methyl sites for hydroxylation is 1. The predicted octanol–water partition coefficient (Wildman–Crippen LogP) is 4.20. The van der Waals surface area contributed by atoms with E-state index in [1.807, 2.05) is 6.07 Å². The molecule has 1 amide bonds. The fourth-order valence-corrected chi connectivity index (χ4v) is 3.23. The normalized spacial score (nSPS) is 10.6. The lowest BCUT2D eigenvalue weighted by Gasteiger charge is -2.09. The zero-order valence-corrected chi connectivity index (χ0v) is 17.5. The van der Waals surface area contributed by atoms with Crippen molar-refractivity contribution in [1.29, 1.82) is 5.26 Å². The van der Waals surface area contributed by atoms with Crippen LogP contribution in [0, 0.1) is 24.1 Å². The Morgan fingerprint density at radius 1 is 1.15 bits per heavy atom. The molecule has 8 nitrogen and oxygen atoms in total. The Kier molecular flexibility index (Phi) is 6.09. The van der Waals surface area contributed by atoms with E-state index >= 15 is 0 Å². The van der Waals surface area contributed by atoms with Gasteiger partial charge in [0.15, 0.2) is 6.61 Å². The number of aromatic nitrogens is 2. The average molecular weight is 444 g/mol. The first kappa shape index (κ1) is 21.6. The monoisotopic (exact) mass is 444 g/mol.